The third-order valence-electron chi connectivity index (χ3n) is 5.68. The Morgan fingerprint density at radius 1 is 1.03 bits per heavy atom. The number of hydrogen-bond acceptors (Lipinski definition) is 6. The maximum absolute atomic E-state index is 14.0. The average molecular weight is 487 g/mol. The molecule has 2 aliphatic rings. The first-order valence-electron chi connectivity index (χ1n) is 10.7. The Hall–Kier alpha value is -4.22. The largest absolute Gasteiger partial charge is 0.454 e. The summed E-state index contributed by atoms with van der Waals surface area (Å²) < 4.78 is 53.3. The zero-order chi connectivity index (χ0) is 24.7. The van der Waals surface area contributed by atoms with Crippen molar-refractivity contribution < 1.29 is 32.2 Å². The van der Waals surface area contributed by atoms with Crippen LogP contribution in [0, 0.1) is 0 Å². The van der Waals surface area contributed by atoms with Crippen LogP contribution in [0.25, 0.3) is 0 Å². The number of hydrogen-bond donors (Lipinski definition) is 3. The highest BCUT2D eigenvalue weighted by Gasteiger charge is 2.47. The highest BCUT2D eigenvalue weighted by Crippen LogP contribution is 2.45. The number of nitrogens with one attached hydrogen (secondary N) is 3. The van der Waals surface area contributed by atoms with Gasteiger partial charge >= 0.3 is 6.18 Å². The smallest absolute Gasteiger partial charge is 0.410 e. The highest BCUT2D eigenvalue weighted by molar-refractivity contribution is 6.03. The second-order valence-corrected chi connectivity index (χ2v) is 8.17. The van der Waals surface area contributed by atoms with Crippen LogP contribution in [0.1, 0.15) is 41.5 Å². The van der Waals surface area contributed by atoms with Gasteiger partial charge in [0.25, 0.3) is 5.91 Å². The van der Waals surface area contributed by atoms with Gasteiger partial charge in [-0.3, -0.25) is 9.59 Å². The van der Waals surface area contributed by atoms with Crippen LogP contribution in [-0.2, 0) is 4.79 Å². The van der Waals surface area contributed by atoms with Crippen LogP contribution >= 0.6 is 0 Å². The minimum atomic E-state index is -4.58. The zero-order valence-electron chi connectivity index (χ0n) is 18.3. The van der Waals surface area contributed by atoms with Gasteiger partial charge in [-0.15, -0.1) is 0 Å². The number of alkyl halides is 3. The summed E-state index contributed by atoms with van der Waals surface area (Å²) in [5, 5.41) is 12.2. The molecule has 3 heterocycles. The number of ether oxygens (including phenoxy) is 2. The van der Waals surface area contributed by atoms with Gasteiger partial charge in [-0.1, -0.05) is 6.07 Å². The lowest BCUT2D eigenvalue weighted by Gasteiger charge is -2.33. The Morgan fingerprint density at radius 3 is 2.40 bits per heavy atom. The molecule has 1 aromatic heterocycles. The van der Waals surface area contributed by atoms with Crippen LogP contribution < -0.4 is 25.4 Å². The molecular formula is C23H20F3N5O4. The molecule has 2 unspecified atom stereocenters. The second kappa shape index (κ2) is 8.53. The molecule has 182 valence electrons. The standard InChI is InChI=1S/C23H20F3N5O4/c1-12(32)27-14-3-5-15(6-4-14)28-22(33)17-10-21-29-16(9-20(23(24,25)26)31(21)30-17)13-2-7-18-19(8-13)35-11-34-18/h2-8,10,16,20,29H,9,11H2,1H3,(H,27,32)(H,28,33). The van der Waals surface area contributed by atoms with E-state index < -0.39 is 24.2 Å². The lowest BCUT2D eigenvalue weighted by Crippen LogP contribution is -2.35. The van der Waals surface area contributed by atoms with Crippen molar-refractivity contribution in [3.63, 3.8) is 0 Å². The molecule has 2 aliphatic heterocycles. The topological polar surface area (TPSA) is 107 Å². The van der Waals surface area contributed by atoms with Gasteiger partial charge in [-0.05, 0) is 42.0 Å². The van der Waals surface area contributed by atoms with Gasteiger partial charge in [-0.2, -0.15) is 18.3 Å². The van der Waals surface area contributed by atoms with Crippen molar-refractivity contribution in [3.05, 3.63) is 59.8 Å². The van der Waals surface area contributed by atoms with Crippen molar-refractivity contribution in [3.8, 4) is 11.5 Å². The molecule has 2 atom stereocenters. The van der Waals surface area contributed by atoms with E-state index in [2.05, 4.69) is 21.0 Å². The number of fused-ring (bicyclic) bond motifs is 2. The molecule has 0 radical (unpaired) electrons. The van der Waals surface area contributed by atoms with Crippen molar-refractivity contribution in [1.82, 2.24) is 9.78 Å². The van der Waals surface area contributed by atoms with Crippen LogP contribution in [0.4, 0.5) is 30.4 Å². The SMILES string of the molecule is CC(=O)Nc1ccc(NC(=O)c2cc3n(n2)C(C(F)(F)F)CC(c2ccc4c(c2)OCO4)N3)cc1. The van der Waals surface area contributed by atoms with Gasteiger partial charge in [0.1, 0.15) is 5.82 Å². The van der Waals surface area contributed by atoms with E-state index in [-0.39, 0.29) is 30.6 Å². The van der Waals surface area contributed by atoms with Crippen molar-refractivity contribution in [2.75, 3.05) is 22.7 Å². The summed E-state index contributed by atoms with van der Waals surface area (Å²) in [5.74, 6) is 0.174. The van der Waals surface area contributed by atoms with Gasteiger partial charge in [0.05, 0.1) is 6.04 Å². The maximum atomic E-state index is 14.0. The van der Waals surface area contributed by atoms with Crippen molar-refractivity contribution >= 4 is 29.0 Å². The molecule has 0 fully saturated rings. The number of aromatic nitrogens is 2. The van der Waals surface area contributed by atoms with E-state index in [4.69, 9.17) is 9.47 Å². The highest BCUT2D eigenvalue weighted by atomic mass is 19.4. The number of rotatable bonds is 4. The normalized spacial score (nSPS) is 18.4. The van der Waals surface area contributed by atoms with Gasteiger partial charge in [0.2, 0.25) is 12.7 Å². The minimum absolute atomic E-state index is 0.0588. The van der Waals surface area contributed by atoms with E-state index in [0.717, 1.165) is 4.68 Å². The van der Waals surface area contributed by atoms with Crippen molar-refractivity contribution in [2.45, 2.75) is 31.6 Å². The number of halogens is 3. The molecule has 0 saturated heterocycles. The zero-order valence-corrected chi connectivity index (χ0v) is 18.3. The van der Waals surface area contributed by atoms with E-state index in [1.807, 2.05) is 0 Å². The fraction of sp³-hybridized carbons (Fsp3) is 0.261. The van der Waals surface area contributed by atoms with Gasteiger partial charge < -0.3 is 25.4 Å². The summed E-state index contributed by atoms with van der Waals surface area (Å²) >= 11 is 0. The third-order valence-corrected chi connectivity index (χ3v) is 5.68. The molecule has 0 spiro atoms. The van der Waals surface area contributed by atoms with E-state index in [1.165, 1.54) is 13.0 Å². The van der Waals surface area contributed by atoms with Crippen LogP contribution in [0.2, 0.25) is 0 Å². The van der Waals surface area contributed by atoms with Crippen LogP contribution in [0.15, 0.2) is 48.5 Å². The number of benzene rings is 2. The fourth-order valence-corrected chi connectivity index (χ4v) is 4.07. The summed E-state index contributed by atoms with van der Waals surface area (Å²) in [7, 11) is 0. The fourth-order valence-electron chi connectivity index (χ4n) is 4.07. The number of nitrogens with zero attached hydrogens (tertiary/aromatic N) is 2. The van der Waals surface area contributed by atoms with Gasteiger partial charge in [0, 0.05) is 30.8 Å². The third kappa shape index (κ3) is 4.59. The van der Waals surface area contributed by atoms with Gasteiger partial charge in [0.15, 0.2) is 23.2 Å². The van der Waals surface area contributed by atoms with Crippen molar-refractivity contribution in [1.29, 1.82) is 0 Å². The summed E-state index contributed by atoms with van der Waals surface area (Å²) in [6.45, 7) is 1.43. The molecular weight excluding hydrogens is 467 g/mol. The molecule has 3 N–H and O–H groups in total. The first-order valence-corrected chi connectivity index (χ1v) is 10.7. The molecule has 0 aliphatic carbocycles. The van der Waals surface area contributed by atoms with Crippen LogP contribution in [0.3, 0.4) is 0 Å². The monoisotopic (exact) mass is 487 g/mol. The Morgan fingerprint density at radius 2 is 1.71 bits per heavy atom. The molecule has 12 heteroatoms. The Labute approximate surface area is 197 Å². The molecule has 35 heavy (non-hydrogen) atoms. The second-order valence-electron chi connectivity index (χ2n) is 8.17. The number of anilines is 3. The predicted octanol–water partition coefficient (Wildman–Crippen LogP) is 4.48. The summed E-state index contributed by atoms with van der Waals surface area (Å²) in [6.07, 6.45) is -4.89. The summed E-state index contributed by atoms with van der Waals surface area (Å²) in [6, 6.07) is 9.98. The average Bonchev–Trinajstić information content (AvgIpc) is 3.45. The van der Waals surface area contributed by atoms with Crippen LogP contribution in [0.5, 0.6) is 11.5 Å². The molecule has 2 aromatic carbocycles. The summed E-state index contributed by atoms with van der Waals surface area (Å²) in [5.41, 5.74) is 1.37. The van der Waals surface area contributed by atoms with E-state index in [9.17, 15) is 22.8 Å². The Balaban J connectivity index is 1.38. The molecule has 9 nitrogen and oxygen atoms in total. The van der Waals surface area contributed by atoms with Crippen LogP contribution in [-0.4, -0.2) is 34.6 Å². The number of carbonyl (C=O) groups excluding carboxylic acids is 2. The molecule has 0 bridgehead atoms. The quantitative estimate of drug-likeness (QED) is 0.501. The first-order chi connectivity index (χ1) is 16.7. The van der Waals surface area contributed by atoms with E-state index in [0.29, 0.717) is 28.4 Å². The number of amides is 2. The minimum Gasteiger partial charge on any atom is -0.454 e. The molecule has 2 amide bonds. The van der Waals surface area contributed by atoms with Gasteiger partial charge in [-0.25, -0.2) is 4.68 Å². The first kappa shape index (κ1) is 22.6. The van der Waals surface area contributed by atoms with E-state index in [1.54, 1.807) is 42.5 Å². The Bertz CT molecular complexity index is 1290. The molecule has 3 aromatic rings. The Kier molecular flexibility index (Phi) is 5.50. The van der Waals surface area contributed by atoms with Crippen molar-refractivity contribution in [2.24, 2.45) is 0 Å². The lowest BCUT2D eigenvalue weighted by atomic mass is 9.96. The summed E-state index contributed by atoms with van der Waals surface area (Å²) in [4.78, 5) is 23.9. The number of carbonyl (C=O) groups is 2. The lowest BCUT2D eigenvalue weighted by molar-refractivity contribution is -0.173. The van der Waals surface area contributed by atoms with E-state index >= 15 is 0 Å². The molecule has 0 saturated carbocycles. The molecule has 5 rings (SSSR count). The maximum Gasteiger partial charge on any atom is 0.410 e. The predicted molar refractivity (Wildman–Crippen MR) is 120 cm³/mol.